The molecule has 0 bridgehead atoms. The van der Waals surface area contributed by atoms with Crippen molar-refractivity contribution in [1.82, 2.24) is 10.2 Å². The molecule has 0 unspecified atom stereocenters. The summed E-state index contributed by atoms with van der Waals surface area (Å²) < 4.78 is 34.1. The van der Waals surface area contributed by atoms with E-state index in [0.29, 0.717) is 18.7 Å². The number of anilines is 1. The van der Waals surface area contributed by atoms with E-state index in [1.165, 1.54) is 30.2 Å². The Bertz CT molecular complexity index is 1430. The summed E-state index contributed by atoms with van der Waals surface area (Å²) in [7, 11) is -2.72. The number of nitrogens with zero attached hydrogens (tertiary/aromatic N) is 2. The number of sulfonamides is 1. The molecule has 0 spiro atoms. The summed E-state index contributed by atoms with van der Waals surface area (Å²) in [5, 5.41) is 3.13. The highest BCUT2D eigenvalue weighted by Gasteiger charge is 2.34. The molecule has 0 fully saturated rings. The van der Waals surface area contributed by atoms with Crippen LogP contribution in [0.1, 0.15) is 44.2 Å². The van der Waals surface area contributed by atoms with E-state index in [0.717, 1.165) is 28.3 Å². The monoisotopic (exact) mass is 599 g/mol. The number of halogens is 1. The number of nitrogens with one attached hydrogen (secondary N) is 1. The number of hydrogen-bond acceptors (Lipinski definition) is 5. The Morgan fingerprint density at radius 2 is 1.68 bits per heavy atom. The van der Waals surface area contributed by atoms with Crippen LogP contribution in [0.5, 0.6) is 5.75 Å². The normalized spacial score (nSPS) is 11.9. The highest BCUT2D eigenvalue weighted by Crippen LogP contribution is 2.32. The van der Waals surface area contributed by atoms with Crippen LogP contribution in [0.2, 0.25) is 5.02 Å². The molecule has 0 aliphatic carbocycles. The van der Waals surface area contributed by atoms with Gasteiger partial charge in [-0.2, -0.15) is 0 Å². The molecule has 0 aromatic heterocycles. The van der Waals surface area contributed by atoms with Gasteiger partial charge < -0.3 is 15.0 Å². The molecule has 3 aromatic carbocycles. The van der Waals surface area contributed by atoms with E-state index < -0.39 is 28.5 Å². The van der Waals surface area contributed by atoms with Gasteiger partial charge in [-0.1, -0.05) is 74.3 Å². The van der Waals surface area contributed by atoms with Crippen LogP contribution in [0.25, 0.3) is 0 Å². The zero-order chi connectivity index (χ0) is 30.0. The average molecular weight is 600 g/mol. The fourth-order valence-corrected chi connectivity index (χ4v) is 6.13. The lowest BCUT2D eigenvalue weighted by molar-refractivity contribution is -0.140. The van der Waals surface area contributed by atoms with Gasteiger partial charge in [-0.25, -0.2) is 8.42 Å². The minimum atomic E-state index is -4.18. The molecule has 0 saturated carbocycles. The standard InChI is InChI=1S/C31H38ClN3O5S/c1-5-7-19-33-31(37)28(6-2)34(21-24-14-12-11-13-23(24)3)30(36)22-35(25-17-18-29(40-4)27(32)20-25)41(38,39)26-15-9-8-10-16-26/h8-18,20,28H,5-7,19,21-22H2,1-4H3,(H,33,37)/t28-/m1/s1. The maximum Gasteiger partial charge on any atom is 0.264 e. The van der Waals surface area contributed by atoms with Crippen molar-refractivity contribution in [2.75, 3.05) is 24.5 Å². The Morgan fingerprint density at radius 3 is 2.29 bits per heavy atom. The van der Waals surface area contributed by atoms with Gasteiger partial charge in [0.25, 0.3) is 10.0 Å². The number of methoxy groups -OCH3 is 1. The summed E-state index contributed by atoms with van der Waals surface area (Å²) in [4.78, 5) is 28.9. The van der Waals surface area contributed by atoms with Crippen LogP contribution in [0.4, 0.5) is 5.69 Å². The molecule has 2 amide bonds. The summed E-state index contributed by atoms with van der Waals surface area (Å²) in [5.41, 5.74) is 2.03. The van der Waals surface area contributed by atoms with Gasteiger partial charge in [0.15, 0.2) is 0 Å². The Kier molecular flexibility index (Phi) is 11.6. The quantitative estimate of drug-likeness (QED) is 0.244. The maximum atomic E-state index is 14.1. The second-order valence-electron chi connectivity index (χ2n) is 9.66. The van der Waals surface area contributed by atoms with Crippen molar-refractivity contribution in [2.45, 2.75) is 57.5 Å². The van der Waals surface area contributed by atoms with E-state index in [9.17, 15) is 18.0 Å². The van der Waals surface area contributed by atoms with E-state index in [1.54, 1.807) is 30.3 Å². The highest BCUT2D eigenvalue weighted by molar-refractivity contribution is 7.92. The molecule has 0 aliphatic rings. The van der Waals surface area contributed by atoms with Crippen LogP contribution in [-0.2, 0) is 26.2 Å². The first-order valence-electron chi connectivity index (χ1n) is 13.7. The van der Waals surface area contributed by atoms with Crippen LogP contribution in [-0.4, -0.2) is 51.4 Å². The summed E-state index contributed by atoms with van der Waals surface area (Å²) >= 11 is 6.37. The predicted molar refractivity (Wildman–Crippen MR) is 163 cm³/mol. The van der Waals surface area contributed by atoms with Gasteiger partial charge in [-0.05, 0) is 61.2 Å². The van der Waals surface area contributed by atoms with E-state index in [2.05, 4.69) is 5.32 Å². The molecule has 0 aliphatic heterocycles. The third-order valence-electron chi connectivity index (χ3n) is 6.85. The Balaban J connectivity index is 2.07. The van der Waals surface area contributed by atoms with Gasteiger partial charge in [-0.3, -0.25) is 13.9 Å². The Labute approximate surface area is 248 Å². The minimum Gasteiger partial charge on any atom is -0.495 e. The molecule has 10 heteroatoms. The number of carbonyl (C=O) groups excluding carboxylic acids is 2. The van der Waals surface area contributed by atoms with E-state index in [-0.39, 0.29) is 28.1 Å². The second kappa shape index (κ2) is 14.9. The first-order valence-corrected chi connectivity index (χ1v) is 15.5. The molecule has 3 rings (SSSR count). The van der Waals surface area contributed by atoms with Crippen LogP contribution in [0, 0.1) is 6.92 Å². The lowest BCUT2D eigenvalue weighted by Crippen LogP contribution is -2.52. The first kappa shape index (κ1) is 32.0. The summed E-state index contributed by atoms with van der Waals surface area (Å²) in [6.45, 7) is 5.91. The van der Waals surface area contributed by atoms with Gasteiger partial charge >= 0.3 is 0 Å². The van der Waals surface area contributed by atoms with Crippen molar-refractivity contribution < 1.29 is 22.7 Å². The second-order valence-corrected chi connectivity index (χ2v) is 11.9. The highest BCUT2D eigenvalue weighted by atomic mass is 35.5. The molecule has 0 heterocycles. The number of ether oxygens (including phenoxy) is 1. The van der Waals surface area contributed by atoms with Crippen molar-refractivity contribution >= 4 is 39.1 Å². The number of unbranched alkanes of at least 4 members (excludes halogenated alkanes) is 1. The molecule has 0 saturated heterocycles. The average Bonchev–Trinajstić information content (AvgIpc) is 2.97. The van der Waals surface area contributed by atoms with Gasteiger partial charge in [0, 0.05) is 13.1 Å². The topological polar surface area (TPSA) is 96.0 Å². The predicted octanol–water partition coefficient (Wildman–Crippen LogP) is 5.58. The van der Waals surface area contributed by atoms with Gasteiger partial charge in [-0.15, -0.1) is 0 Å². The third-order valence-corrected chi connectivity index (χ3v) is 8.93. The van der Waals surface area contributed by atoms with Gasteiger partial charge in [0.1, 0.15) is 18.3 Å². The molecule has 1 atom stereocenters. The fraction of sp³-hybridized carbons (Fsp3) is 0.355. The summed E-state index contributed by atoms with van der Waals surface area (Å²) in [6, 6.07) is 19.3. The lowest BCUT2D eigenvalue weighted by atomic mass is 10.1. The van der Waals surface area contributed by atoms with Crippen LogP contribution < -0.4 is 14.4 Å². The molecule has 8 nitrogen and oxygen atoms in total. The first-order chi connectivity index (χ1) is 19.6. The zero-order valence-electron chi connectivity index (χ0n) is 24.0. The summed E-state index contributed by atoms with van der Waals surface area (Å²) in [5.74, 6) is -0.417. The minimum absolute atomic E-state index is 0.0227. The van der Waals surface area contributed by atoms with Gasteiger partial charge in [0.2, 0.25) is 11.8 Å². The molecule has 220 valence electrons. The summed E-state index contributed by atoms with van der Waals surface area (Å²) in [6.07, 6.45) is 2.09. The molecule has 3 aromatic rings. The van der Waals surface area contributed by atoms with E-state index in [1.807, 2.05) is 45.0 Å². The molecule has 0 radical (unpaired) electrons. The van der Waals surface area contributed by atoms with E-state index in [4.69, 9.17) is 16.3 Å². The van der Waals surface area contributed by atoms with Crippen molar-refractivity contribution in [1.29, 1.82) is 0 Å². The van der Waals surface area contributed by atoms with Crippen molar-refractivity contribution in [3.63, 3.8) is 0 Å². The molecule has 1 N–H and O–H groups in total. The number of rotatable bonds is 14. The van der Waals surface area contributed by atoms with E-state index >= 15 is 0 Å². The fourth-order valence-electron chi connectivity index (χ4n) is 4.46. The molecular formula is C31H38ClN3O5S. The van der Waals surface area contributed by atoms with Crippen LogP contribution >= 0.6 is 11.6 Å². The smallest absolute Gasteiger partial charge is 0.264 e. The number of benzene rings is 3. The lowest BCUT2D eigenvalue weighted by Gasteiger charge is -2.33. The van der Waals surface area contributed by atoms with Gasteiger partial charge in [0.05, 0.1) is 22.7 Å². The Morgan fingerprint density at radius 1 is 1.00 bits per heavy atom. The Hall–Kier alpha value is -3.56. The number of amides is 2. The van der Waals surface area contributed by atoms with Crippen molar-refractivity contribution in [2.24, 2.45) is 0 Å². The maximum absolute atomic E-state index is 14.1. The number of hydrogen-bond donors (Lipinski definition) is 1. The van der Waals surface area contributed by atoms with Crippen LogP contribution in [0.3, 0.4) is 0 Å². The number of carbonyl (C=O) groups is 2. The molecular weight excluding hydrogens is 562 g/mol. The molecule has 41 heavy (non-hydrogen) atoms. The van der Waals surface area contributed by atoms with Crippen LogP contribution in [0.15, 0.2) is 77.7 Å². The van der Waals surface area contributed by atoms with Crippen molar-refractivity contribution in [3.05, 3.63) is 88.9 Å². The third kappa shape index (κ3) is 8.01. The van der Waals surface area contributed by atoms with Crippen molar-refractivity contribution in [3.8, 4) is 5.75 Å². The zero-order valence-corrected chi connectivity index (χ0v) is 25.5. The largest absolute Gasteiger partial charge is 0.495 e. The number of aryl methyl sites for hydroxylation is 1. The SMILES string of the molecule is CCCCNC(=O)[C@@H](CC)N(Cc1ccccc1C)C(=O)CN(c1ccc(OC)c(Cl)c1)S(=O)(=O)c1ccccc1.